The maximum atomic E-state index is 10.9. The molecule has 0 saturated carbocycles. The fourth-order valence-corrected chi connectivity index (χ4v) is 3.01. The van der Waals surface area contributed by atoms with Crippen LogP contribution in [-0.2, 0) is 11.2 Å². The molecule has 1 aromatic rings. The predicted octanol–water partition coefficient (Wildman–Crippen LogP) is 3.14. The molecule has 1 unspecified atom stereocenters. The van der Waals surface area contributed by atoms with Crippen LogP contribution in [-0.4, -0.2) is 21.9 Å². The first-order valence-corrected chi connectivity index (χ1v) is 7.91. The molecule has 1 aromatic carbocycles. The second-order valence-corrected chi connectivity index (χ2v) is 7.37. The Kier molecular flexibility index (Phi) is 6.56. The Bertz CT molecular complexity index is 429. The summed E-state index contributed by atoms with van der Waals surface area (Å²) in [6.07, 6.45) is 2.76. The van der Waals surface area contributed by atoms with Gasteiger partial charge in [0.2, 0.25) is 5.91 Å². The predicted molar refractivity (Wildman–Crippen MR) is 84.8 cm³/mol. The number of aryl methyl sites for hydroxylation is 1. The minimum atomic E-state index is -0.746. The van der Waals surface area contributed by atoms with Gasteiger partial charge in [0.05, 0.1) is 12.5 Å². The monoisotopic (exact) mass is 295 g/mol. The van der Waals surface area contributed by atoms with Gasteiger partial charge in [-0.1, -0.05) is 25.5 Å². The molecular weight excluding hydrogens is 270 g/mol. The Morgan fingerprint density at radius 2 is 1.95 bits per heavy atom. The Hall–Kier alpha value is -1.00. The summed E-state index contributed by atoms with van der Waals surface area (Å²) in [6, 6.07) is 8.42. The van der Waals surface area contributed by atoms with Crippen LogP contribution in [0.2, 0.25) is 0 Å². The smallest absolute Gasteiger partial charge is 0.220 e. The third-order valence-corrected chi connectivity index (χ3v) is 4.63. The van der Waals surface area contributed by atoms with Gasteiger partial charge in [0.1, 0.15) is 0 Å². The molecule has 1 rings (SSSR count). The van der Waals surface area contributed by atoms with E-state index in [1.54, 1.807) is 11.8 Å². The van der Waals surface area contributed by atoms with E-state index in [0.717, 1.165) is 11.3 Å². The van der Waals surface area contributed by atoms with Crippen LogP contribution in [0.4, 0.5) is 0 Å². The van der Waals surface area contributed by atoms with Crippen molar-refractivity contribution in [1.29, 1.82) is 0 Å². The van der Waals surface area contributed by atoms with Crippen LogP contribution in [0.15, 0.2) is 29.2 Å². The molecule has 3 nitrogen and oxygen atoms in total. The molecule has 0 bridgehead atoms. The van der Waals surface area contributed by atoms with E-state index >= 15 is 0 Å². The molecule has 0 aliphatic rings. The van der Waals surface area contributed by atoms with Crippen LogP contribution in [0.1, 0.15) is 45.6 Å². The van der Waals surface area contributed by atoms with Crippen molar-refractivity contribution in [3.8, 4) is 0 Å². The molecule has 0 fully saturated rings. The Morgan fingerprint density at radius 3 is 2.45 bits per heavy atom. The van der Waals surface area contributed by atoms with Crippen molar-refractivity contribution in [3.05, 3.63) is 29.8 Å². The molecule has 0 aromatic heterocycles. The number of benzene rings is 1. The normalized spacial score (nSPS) is 13.2. The van der Waals surface area contributed by atoms with Gasteiger partial charge in [0, 0.05) is 9.64 Å². The highest BCUT2D eigenvalue weighted by molar-refractivity contribution is 8.00. The third kappa shape index (κ3) is 5.55. The molecule has 0 heterocycles. The Morgan fingerprint density at radius 1 is 1.35 bits per heavy atom. The highest BCUT2D eigenvalue weighted by Crippen LogP contribution is 2.36. The second kappa shape index (κ2) is 7.70. The minimum Gasteiger partial charge on any atom is -0.391 e. The van der Waals surface area contributed by atoms with E-state index in [1.165, 1.54) is 18.4 Å². The van der Waals surface area contributed by atoms with Crippen molar-refractivity contribution in [2.24, 2.45) is 5.73 Å². The molecule has 0 aliphatic carbocycles. The van der Waals surface area contributed by atoms with Crippen molar-refractivity contribution in [2.45, 2.75) is 62.2 Å². The number of hydrogen-bond acceptors (Lipinski definition) is 3. The van der Waals surface area contributed by atoms with E-state index in [2.05, 4.69) is 31.2 Å². The summed E-state index contributed by atoms with van der Waals surface area (Å²) >= 11 is 1.57. The number of thioether (sulfide) groups is 1. The maximum Gasteiger partial charge on any atom is 0.220 e. The number of carbonyl (C=O) groups is 1. The standard InChI is InChI=1S/C16H25NO2S/c1-4-5-6-12-7-9-13(10-8-12)20-16(2,3)14(18)11-15(17)19/h7-10,14,18H,4-6,11H2,1-3H3,(H2,17,19). The number of nitrogens with two attached hydrogens (primary N) is 1. The van der Waals surface area contributed by atoms with Gasteiger partial charge in [-0.05, 0) is 44.4 Å². The van der Waals surface area contributed by atoms with Crippen LogP contribution < -0.4 is 5.73 Å². The zero-order valence-corrected chi connectivity index (χ0v) is 13.4. The molecule has 4 heteroatoms. The van der Waals surface area contributed by atoms with Crippen molar-refractivity contribution in [2.75, 3.05) is 0 Å². The number of primary amides is 1. The lowest BCUT2D eigenvalue weighted by atomic mass is 10.0. The lowest BCUT2D eigenvalue weighted by Crippen LogP contribution is -2.36. The number of unbranched alkanes of at least 4 members (excludes halogenated alkanes) is 1. The molecule has 0 spiro atoms. The second-order valence-electron chi connectivity index (χ2n) is 5.64. The summed E-state index contributed by atoms with van der Waals surface area (Å²) in [4.78, 5) is 12.0. The van der Waals surface area contributed by atoms with Crippen molar-refractivity contribution in [1.82, 2.24) is 0 Å². The summed E-state index contributed by atoms with van der Waals surface area (Å²) in [5, 5.41) is 10.1. The molecule has 112 valence electrons. The van der Waals surface area contributed by atoms with E-state index in [9.17, 15) is 9.90 Å². The fraction of sp³-hybridized carbons (Fsp3) is 0.562. The van der Waals surface area contributed by atoms with Crippen LogP contribution in [0.3, 0.4) is 0 Å². The lowest BCUT2D eigenvalue weighted by Gasteiger charge is -2.29. The quantitative estimate of drug-likeness (QED) is 0.724. The van der Waals surface area contributed by atoms with E-state index in [4.69, 9.17) is 5.73 Å². The summed E-state index contributed by atoms with van der Waals surface area (Å²) in [5.41, 5.74) is 6.48. The summed E-state index contributed by atoms with van der Waals surface area (Å²) in [5.74, 6) is -0.471. The Labute approximate surface area is 125 Å². The van der Waals surface area contributed by atoms with Crippen molar-refractivity contribution in [3.63, 3.8) is 0 Å². The van der Waals surface area contributed by atoms with Crippen LogP contribution >= 0.6 is 11.8 Å². The highest BCUT2D eigenvalue weighted by Gasteiger charge is 2.30. The van der Waals surface area contributed by atoms with Gasteiger partial charge in [-0.2, -0.15) is 0 Å². The minimum absolute atomic E-state index is 0.00537. The number of amides is 1. The van der Waals surface area contributed by atoms with Crippen molar-refractivity contribution < 1.29 is 9.90 Å². The van der Waals surface area contributed by atoms with E-state index in [-0.39, 0.29) is 6.42 Å². The summed E-state index contributed by atoms with van der Waals surface area (Å²) in [7, 11) is 0. The van der Waals surface area contributed by atoms with E-state index < -0.39 is 16.8 Å². The highest BCUT2D eigenvalue weighted by atomic mass is 32.2. The fourth-order valence-electron chi connectivity index (χ4n) is 1.91. The van der Waals surface area contributed by atoms with Gasteiger partial charge in [-0.25, -0.2) is 0 Å². The number of aliphatic hydroxyl groups is 1. The molecule has 0 radical (unpaired) electrons. The number of rotatable bonds is 8. The lowest BCUT2D eigenvalue weighted by molar-refractivity contribution is -0.120. The third-order valence-electron chi connectivity index (χ3n) is 3.32. The molecule has 1 atom stereocenters. The molecule has 1 amide bonds. The van der Waals surface area contributed by atoms with Crippen LogP contribution in [0.5, 0.6) is 0 Å². The van der Waals surface area contributed by atoms with Gasteiger partial charge in [-0.15, -0.1) is 11.8 Å². The first kappa shape index (κ1) is 17.1. The van der Waals surface area contributed by atoms with Gasteiger partial charge < -0.3 is 10.8 Å². The molecule has 0 aliphatic heterocycles. The maximum absolute atomic E-state index is 10.9. The zero-order chi connectivity index (χ0) is 15.2. The first-order chi connectivity index (χ1) is 9.35. The average molecular weight is 295 g/mol. The SMILES string of the molecule is CCCCc1ccc(SC(C)(C)C(O)CC(N)=O)cc1. The van der Waals surface area contributed by atoms with Gasteiger partial charge in [0.15, 0.2) is 0 Å². The van der Waals surface area contributed by atoms with Gasteiger partial charge in [-0.3, -0.25) is 4.79 Å². The molecule has 20 heavy (non-hydrogen) atoms. The molecule has 0 saturated heterocycles. The van der Waals surface area contributed by atoms with E-state index in [1.807, 2.05) is 13.8 Å². The summed E-state index contributed by atoms with van der Waals surface area (Å²) in [6.45, 7) is 6.04. The first-order valence-electron chi connectivity index (χ1n) is 7.09. The number of carbonyl (C=O) groups excluding carboxylic acids is 1. The zero-order valence-electron chi connectivity index (χ0n) is 12.6. The Balaban J connectivity index is 2.64. The van der Waals surface area contributed by atoms with Crippen LogP contribution in [0, 0.1) is 0 Å². The van der Waals surface area contributed by atoms with Gasteiger partial charge >= 0.3 is 0 Å². The average Bonchev–Trinajstić information content (AvgIpc) is 2.36. The van der Waals surface area contributed by atoms with E-state index in [0.29, 0.717) is 0 Å². The molecule has 3 N–H and O–H groups in total. The number of aliphatic hydroxyl groups excluding tert-OH is 1. The van der Waals surface area contributed by atoms with Gasteiger partial charge in [0.25, 0.3) is 0 Å². The number of hydrogen-bond donors (Lipinski definition) is 2. The van der Waals surface area contributed by atoms with Crippen molar-refractivity contribution >= 4 is 17.7 Å². The molecular formula is C16H25NO2S. The van der Waals surface area contributed by atoms with Crippen LogP contribution in [0.25, 0.3) is 0 Å². The topological polar surface area (TPSA) is 63.3 Å². The summed E-state index contributed by atoms with van der Waals surface area (Å²) < 4.78 is -0.444. The largest absolute Gasteiger partial charge is 0.391 e.